The molecule has 0 fully saturated rings. The fourth-order valence-electron chi connectivity index (χ4n) is 5.01. The van der Waals surface area contributed by atoms with Crippen molar-refractivity contribution in [3.05, 3.63) is 124 Å². The van der Waals surface area contributed by atoms with Gasteiger partial charge >= 0.3 is 0 Å². The molecule has 0 aliphatic heterocycles. The molecular formula is C38H42ClNO5. The Morgan fingerprint density at radius 3 is 1.91 bits per heavy atom. The molecule has 236 valence electrons. The Bertz CT molecular complexity index is 1700. The van der Waals surface area contributed by atoms with Gasteiger partial charge in [0, 0.05) is 5.56 Å². The van der Waals surface area contributed by atoms with Crippen molar-refractivity contribution in [3.63, 3.8) is 0 Å². The van der Waals surface area contributed by atoms with Crippen LogP contribution in [0.25, 0.3) is 22.3 Å². The molecule has 5 aromatic rings. The van der Waals surface area contributed by atoms with Crippen LogP contribution in [0.5, 0.6) is 17.2 Å². The highest BCUT2D eigenvalue weighted by atomic mass is 35.5. The van der Waals surface area contributed by atoms with E-state index in [9.17, 15) is 4.79 Å². The lowest BCUT2D eigenvalue weighted by Crippen LogP contribution is -3.00. The van der Waals surface area contributed by atoms with Gasteiger partial charge in [-0.1, -0.05) is 72.8 Å². The number of quaternary nitrogens is 1. The summed E-state index contributed by atoms with van der Waals surface area (Å²) in [7, 11) is 6.64. The molecule has 45 heavy (non-hydrogen) atoms. The Morgan fingerprint density at radius 2 is 1.24 bits per heavy atom. The summed E-state index contributed by atoms with van der Waals surface area (Å²) in [6, 6.07) is 32.9. The van der Waals surface area contributed by atoms with Gasteiger partial charge in [-0.3, -0.25) is 4.79 Å². The van der Waals surface area contributed by atoms with Gasteiger partial charge in [-0.25, -0.2) is 0 Å². The highest BCUT2D eigenvalue weighted by molar-refractivity contribution is 5.82. The van der Waals surface area contributed by atoms with Crippen molar-refractivity contribution >= 4 is 11.0 Å². The second-order valence-electron chi connectivity index (χ2n) is 12.1. The molecule has 0 saturated carbocycles. The average molecular weight is 628 g/mol. The summed E-state index contributed by atoms with van der Waals surface area (Å²) in [5, 5.41) is 0.498. The van der Waals surface area contributed by atoms with Gasteiger partial charge in [0.2, 0.25) is 11.2 Å². The smallest absolute Gasteiger partial charge is 0.235 e. The first-order valence-electron chi connectivity index (χ1n) is 15.3. The van der Waals surface area contributed by atoms with Gasteiger partial charge in [0.05, 0.1) is 39.7 Å². The van der Waals surface area contributed by atoms with E-state index >= 15 is 0 Å². The Kier molecular flexibility index (Phi) is 12.1. The summed E-state index contributed by atoms with van der Waals surface area (Å²) in [5.74, 6) is 1.77. The highest BCUT2D eigenvalue weighted by Crippen LogP contribution is 2.38. The van der Waals surface area contributed by atoms with Gasteiger partial charge in [-0.05, 0) is 67.1 Å². The topological polar surface area (TPSA) is 57.9 Å². The van der Waals surface area contributed by atoms with E-state index < -0.39 is 0 Å². The van der Waals surface area contributed by atoms with Crippen LogP contribution in [0.15, 0.2) is 112 Å². The second-order valence-corrected chi connectivity index (χ2v) is 12.1. The number of fused-ring (bicyclic) bond motifs is 1. The number of hydrogen-bond acceptors (Lipinski definition) is 5. The van der Waals surface area contributed by atoms with E-state index in [0.717, 1.165) is 47.8 Å². The minimum Gasteiger partial charge on any atom is -1.00 e. The Hall–Kier alpha value is -4.26. The van der Waals surface area contributed by atoms with Crippen LogP contribution in [-0.4, -0.2) is 38.8 Å². The maximum Gasteiger partial charge on any atom is 0.235 e. The Morgan fingerprint density at radius 1 is 0.644 bits per heavy atom. The normalized spacial score (nSPS) is 11.2. The second kappa shape index (κ2) is 16.2. The lowest BCUT2D eigenvalue weighted by atomic mass is 10.1. The summed E-state index contributed by atoms with van der Waals surface area (Å²) >= 11 is 0. The van der Waals surface area contributed by atoms with Crippen molar-refractivity contribution in [1.82, 2.24) is 0 Å². The van der Waals surface area contributed by atoms with Crippen molar-refractivity contribution in [3.8, 4) is 28.6 Å². The summed E-state index contributed by atoms with van der Waals surface area (Å²) < 4.78 is 26.0. The summed E-state index contributed by atoms with van der Waals surface area (Å²) in [5.41, 5.74) is 3.11. The number of nitrogens with zero attached hydrogens (tertiary/aromatic N) is 1. The van der Waals surface area contributed by atoms with Gasteiger partial charge in [-0.15, -0.1) is 0 Å². The third-order valence-electron chi connectivity index (χ3n) is 7.41. The quantitative estimate of drug-likeness (QED) is 0.117. The molecule has 4 aromatic carbocycles. The summed E-state index contributed by atoms with van der Waals surface area (Å²) in [6.07, 6.45) is 4.20. The molecule has 7 heteroatoms. The van der Waals surface area contributed by atoms with Crippen molar-refractivity contribution in [2.24, 2.45) is 0 Å². The molecule has 5 rings (SSSR count). The zero-order valence-electron chi connectivity index (χ0n) is 26.3. The largest absolute Gasteiger partial charge is 1.00 e. The molecule has 0 radical (unpaired) electrons. The molecule has 0 N–H and O–H groups in total. The van der Waals surface area contributed by atoms with Crippen LogP contribution in [-0.2, 0) is 13.2 Å². The van der Waals surface area contributed by atoms with Crippen LogP contribution in [0.3, 0.4) is 0 Å². The number of para-hydroxylation sites is 1. The first-order chi connectivity index (χ1) is 21.4. The van der Waals surface area contributed by atoms with E-state index in [-0.39, 0.29) is 23.6 Å². The van der Waals surface area contributed by atoms with Crippen molar-refractivity contribution in [1.29, 1.82) is 0 Å². The van der Waals surface area contributed by atoms with Crippen LogP contribution in [0, 0.1) is 0 Å². The Balaban J connectivity index is 0.00000461. The molecular weight excluding hydrogens is 586 g/mol. The van der Waals surface area contributed by atoms with Gasteiger partial charge in [-0.2, -0.15) is 0 Å². The van der Waals surface area contributed by atoms with Crippen LogP contribution in [0.1, 0.15) is 36.8 Å². The first-order valence-corrected chi connectivity index (χ1v) is 15.3. The third-order valence-corrected chi connectivity index (χ3v) is 7.41. The number of ether oxygens (including phenoxy) is 3. The first kappa shape index (κ1) is 33.6. The fraction of sp³-hybridized carbons (Fsp3) is 0.289. The fourth-order valence-corrected chi connectivity index (χ4v) is 5.01. The van der Waals surface area contributed by atoms with E-state index in [1.54, 1.807) is 6.07 Å². The zero-order chi connectivity index (χ0) is 30.8. The maximum absolute atomic E-state index is 13.7. The zero-order valence-corrected chi connectivity index (χ0v) is 27.1. The Labute approximate surface area is 272 Å². The van der Waals surface area contributed by atoms with Gasteiger partial charge in [0.25, 0.3) is 0 Å². The molecule has 0 atom stereocenters. The van der Waals surface area contributed by atoms with E-state index in [1.165, 1.54) is 0 Å². The molecule has 0 saturated heterocycles. The molecule has 1 aromatic heterocycles. The van der Waals surface area contributed by atoms with E-state index in [4.69, 9.17) is 18.6 Å². The summed E-state index contributed by atoms with van der Waals surface area (Å²) in [6.45, 7) is 2.34. The van der Waals surface area contributed by atoms with Crippen molar-refractivity contribution < 1.29 is 35.5 Å². The molecule has 0 unspecified atom stereocenters. The minimum absolute atomic E-state index is 0. The molecule has 1 heterocycles. The number of benzene rings is 4. The highest BCUT2D eigenvalue weighted by Gasteiger charge is 2.20. The third kappa shape index (κ3) is 9.61. The average Bonchev–Trinajstić information content (AvgIpc) is 3.04. The minimum atomic E-state index is -0.178. The molecule has 0 bridgehead atoms. The van der Waals surface area contributed by atoms with Gasteiger partial charge in [0.15, 0.2) is 17.3 Å². The molecule has 0 aliphatic carbocycles. The van der Waals surface area contributed by atoms with Crippen molar-refractivity contribution in [2.45, 2.75) is 38.9 Å². The van der Waals surface area contributed by atoms with Crippen LogP contribution in [0.4, 0.5) is 0 Å². The lowest BCUT2D eigenvalue weighted by molar-refractivity contribution is -0.870. The van der Waals surface area contributed by atoms with Crippen LogP contribution in [0.2, 0.25) is 0 Å². The number of unbranched alkanes of at least 4 members (excludes halogenated alkanes) is 3. The molecule has 0 amide bonds. The number of rotatable bonds is 15. The monoisotopic (exact) mass is 627 g/mol. The van der Waals surface area contributed by atoms with Gasteiger partial charge < -0.3 is 35.5 Å². The molecule has 0 aliphatic rings. The summed E-state index contributed by atoms with van der Waals surface area (Å²) in [4.78, 5) is 13.7. The molecule has 6 nitrogen and oxygen atoms in total. The predicted molar refractivity (Wildman–Crippen MR) is 176 cm³/mol. The van der Waals surface area contributed by atoms with E-state index in [1.807, 2.05) is 97.1 Å². The predicted octanol–water partition coefficient (Wildman–Crippen LogP) is 5.27. The standard InChI is InChI=1S/C38H42NO5.ClH/c1-39(2,3)24-14-4-5-15-25-41-38-36(40)32-20-12-13-21-33(32)44-37(38)31-22-23-34(42-27-29-16-8-6-9-17-29)35(26-31)43-28-30-18-10-7-11-19-30;/h6-13,16-23,26H,4-5,14-15,24-25,27-28H2,1-3H3;1H/q+1;/p-1. The maximum atomic E-state index is 13.7. The number of halogens is 1. The molecule has 0 spiro atoms. The van der Waals surface area contributed by atoms with Crippen molar-refractivity contribution in [2.75, 3.05) is 34.3 Å². The van der Waals surface area contributed by atoms with E-state index in [0.29, 0.717) is 53.6 Å². The number of hydrogen-bond donors (Lipinski definition) is 0. The SMILES string of the molecule is C[N+](C)(C)CCCCCCOc1c(-c2ccc(OCc3ccccc3)c(OCc3ccccc3)c2)oc2ccccc2c1=O.[Cl-]. The van der Waals surface area contributed by atoms with E-state index in [2.05, 4.69) is 21.1 Å². The lowest BCUT2D eigenvalue weighted by Gasteiger charge is -2.23. The van der Waals surface area contributed by atoms with Crippen LogP contribution < -0.4 is 32.0 Å². The van der Waals surface area contributed by atoms with Gasteiger partial charge in [0.1, 0.15) is 18.8 Å². The van der Waals surface area contributed by atoms with Crippen LogP contribution >= 0.6 is 0 Å².